The van der Waals surface area contributed by atoms with E-state index in [2.05, 4.69) is 15.4 Å². The number of nitrogens with one attached hydrogen (secondary N) is 1. The van der Waals surface area contributed by atoms with Crippen LogP contribution in [-0.4, -0.2) is 20.7 Å². The maximum Gasteiger partial charge on any atom is 0.437 e. The van der Waals surface area contributed by atoms with Gasteiger partial charge in [-0.25, -0.2) is 13.6 Å². The summed E-state index contributed by atoms with van der Waals surface area (Å²) in [6, 6.07) is 11.7. The first-order valence-corrected chi connectivity index (χ1v) is 9.76. The standard InChI is InChI=1S/C23H18F2N4O3/c1-3-19-16(11-15(12-26-19)22-28-29(2)23(31)32-22)13-7-9-14(10-8-13)21(30)27-20-17(24)5-4-6-18(20)25/h4-12H,3H2,1-2H3,(H,27,30). The molecule has 0 bridgehead atoms. The number of anilines is 1. The highest BCUT2D eigenvalue weighted by Crippen LogP contribution is 2.28. The van der Waals surface area contributed by atoms with Gasteiger partial charge in [0.25, 0.3) is 11.8 Å². The fraction of sp³-hybridized carbons (Fsp3) is 0.130. The molecule has 0 fully saturated rings. The van der Waals surface area contributed by atoms with Gasteiger partial charge in [-0.3, -0.25) is 9.78 Å². The Labute approximate surface area is 181 Å². The summed E-state index contributed by atoms with van der Waals surface area (Å²) in [6.07, 6.45) is 2.23. The molecular formula is C23H18F2N4O3. The number of benzene rings is 2. The van der Waals surface area contributed by atoms with E-state index in [9.17, 15) is 18.4 Å². The number of halogens is 2. The summed E-state index contributed by atoms with van der Waals surface area (Å²) >= 11 is 0. The van der Waals surface area contributed by atoms with Crippen LogP contribution in [0, 0.1) is 11.6 Å². The lowest BCUT2D eigenvalue weighted by atomic mass is 9.99. The third kappa shape index (κ3) is 4.04. The number of carbonyl (C=O) groups is 1. The van der Waals surface area contributed by atoms with Crippen LogP contribution in [0.1, 0.15) is 23.0 Å². The van der Waals surface area contributed by atoms with Crippen LogP contribution >= 0.6 is 0 Å². The molecule has 7 nitrogen and oxygen atoms in total. The average Bonchev–Trinajstić information content (AvgIpc) is 3.14. The van der Waals surface area contributed by atoms with Gasteiger partial charge in [-0.2, -0.15) is 4.68 Å². The Morgan fingerprint density at radius 1 is 1.09 bits per heavy atom. The third-order valence-corrected chi connectivity index (χ3v) is 4.90. The second-order valence-corrected chi connectivity index (χ2v) is 7.00. The number of aryl methyl sites for hydroxylation is 2. The number of amides is 1. The van der Waals surface area contributed by atoms with Gasteiger partial charge < -0.3 is 9.73 Å². The lowest BCUT2D eigenvalue weighted by molar-refractivity contribution is 0.102. The van der Waals surface area contributed by atoms with Crippen LogP contribution in [0.3, 0.4) is 0 Å². The molecule has 4 aromatic rings. The lowest BCUT2D eigenvalue weighted by Crippen LogP contribution is -2.14. The van der Waals surface area contributed by atoms with Crippen LogP contribution in [0.15, 0.2) is 63.9 Å². The Morgan fingerprint density at radius 3 is 2.38 bits per heavy atom. The topological polar surface area (TPSA) is 90.0 Å². The number of hydrogen-bond acceptors (Lipinski definition) is 5. The zero-order chi connectivity index (χ0) is 22.8. The molecule has 162 valence electrons. The maximum atomic E-state index is 13.8. The van der Waals surface area contributed by atoms with E-state index in [-0.39, 0.29) is 11.5 Å². The van der Waals surface area contributed by atoms with E-state index in [1.807, 2.05) is 6.92 Å². The van der Waals surface area contributed by atoms with Crippen molar-refractivity contribution in [1.82, 2.24) is 14.8 Å². The number of carbonyl (C=O) groups excluding carboxylic acids is 1. The van der Waals surface area contributed by atoms with Crippen LogP contribution in [0.4, 0.5) is 14.5 Å². The first-order chi connectivity index (χ1) is 15.4. The Balaban J connectivity index is 1.64. The molecule has 0 saturated heterocycles. The van der Waals surface area contributed by atoms with Crippen molar-refractivity contribution in [2.45, 2.75) is 13.3 Å². The van der Waals surface area contributed by atoms with E-state index in [0.29, 0.717) is 12.0 Å². The summed E-state index contributed by atoms with van der Waals surface area (Å²) in [6.45, 7) is 1.96. The molecule has 1 N–H and O–H groups in total. The zero-order valence-corrected chi connectivity index (χ0v) is 17.2. The van der Waals surface area contributed by atoms with Gasteiger partial charge in [0.2, 0.25) is 0 Å². The molecule has 0 saturated carbocycles. The van der Waals surface area contributed by atoms with Crippen LogP contribution in [0.2, 0.25) is 0 Å². The summed E-state index contributed by atoms with van der Waals surface area (Å²) in [5.74, 6) is -2.78. The van der Waals surface area contributed by atoms with Crippen molar-refractivity contribution in [3.05, 3.63) is 88.2 Å². The van der Waals surface area contributed by atoms with E-state index in [1.54, 1.807) is 36.5 Å². The highest BCUT2D eigenvalue weighted by molar-refractivity contribution is 6.04. The van der Waals surface area contributed by atoms with Crippen LogP contribution < -0.4 is 11.1 Å². The number of aromatic nitrogens is 3. The van der Waals surface area contributed by atoms with Gasteiger partial charge in [0.1, 0.15) is 17.3 Å². The zero-order valence-electron chi connectivity index (χ0n) is 17.2. The van der Waals surface area contributed by atoms with Crippen molar-refractivity contribution < 1.29 is 18.0 Å². The Bertz CT molecular complexity index is 1340. The van der Waals surface area contributed by atoms with E-state index < -0.39 is 29.0 Å². The fourth-order valence-electron chi connectivity index (χ4n) is 3.21. The third-order valence-electron chi connectivity index (χ3n) is 4.90. The van der Waals surface area contributed by atoms with Gasteiger partial charge in [-0.05, 0) is 42.3 Å². The molecule has 1 amide bonds. The number of hydrogen-bond donors (Lipinski definition) is 1. The molecule has 0 unspecified atom stereocenters. The summed E-state index contributed by atoms with van der Waals surface area (Å²) in [4.78, 5) is 28.5. The molecule has 2 heterocycles. The molecule has 9 heteroatoms. The van der Waals surface area contributed by atoms with Gasteiger partial charge in [0.15, 0.2) is 0 Å². The molecular weight excluding hydrogens is 418 g/mol. The quantitative estimate of drug-likeness (QED) is 0.507. The van der Waals surface area contributed by atoms with Crippen molar-refractivity contribution >= 4 is 11.6 Å². The largest absolute Gasteiger partial charge is 0.437 e. The van der Waals surface area contributed by atoms with Crippen molar-refractivity contribution in [3.8, 4) is 22.6 Å². The lowest BCUT2D eigenvalue weighted by Gasteiger charge is -2.10. The van der Waals surface area contributed by atoms with Crippen molar-refractivity contribution in [1.29, 1.82) is 0 Å². The monoisotopic (exact) mass is 436 g/mol. The van der Waals surface area contributed by atoms with Gasteiger partial charge in [0, 0.05) is 30.1 Å². The molecule has 0 spiro atoms. The summed E-state index contributed by atoms with van der Waals surface area (Å²) in [5.41, 5.74) is 2.62. The van der Waals surface area contributed by atoms with E-state index in [1.165, 1.54) is 13.1 Å². The summed E-state index contributed by atoms with van der Waals surface area (Å²) in [7, 11) is 1.49. The first-order valence-electron chi connectivity index (χ1n) is 9.76. The van der Waals surface area contributed by atoms with Crippen LogP contribution in [-0.2, 0) is 13.5 Å². The van der Waals surface area contributed by atoms with Crippen molar-refractivity contribution in [2.75, 3.05) is 5.32 Å². The highest BCUT2D eigenvalue weighted by atomic mass is 19.1. The minimum absolute atomic E-state index is 0.150. The maximum absolute atomic E-state index is 13.8. The number of pyridine rings is 1. The Kier molecular flexibility index (Phi) is 5.63. The predicted octanol–water partition coefficient (Wildman–Crippen LogP) is 4.20. The average molecular weight is 436 g/mol. The summed E-state index contributed by atoms with van der Waals surface area (Å²) < 4.78 is 33.8. The van der Waals surface area contributed by atoms with Gasteiger partial charge in [-0.15, -0.1) is 5.10 Å². The number of nitrogens with zero attached hydrogens (tertiary/aromatic N) is 3. The Morgan fingerprint density at radius 2 is 1.78 bits per heavy atom. The highest BCUT2D eigenvalue weighted by Gasteiger charge is 2.16. The minimum Gasteiger partial charge on any atom is -0.388 e. The first kappa shape index (κ1) is 21.1. The second kappa shape index (κ2) is 8.54. The van der Waals surface area contributed by atoms with Crippen LogP contribution in [0.5, 0.6) is 0 Å². The molecule has 4 rings (SSSR count). The minimum atomic E-state index is -0.855. The number of para-hydroxylation sites is 1. The van der Waals surface area contributed by atoms with Gasteiger partial charge in [0.05, 0.1) is 5.56 Å². The van der Waals surface area contributed by atoms with Gasteiger partial charge in [-0.1, -0.05) is 25.1 Å². The summed E-state index contributed by atoms with van der Waals surface area (Å²) in [5, 5.41) is 6.31. The van der Waals surface area contributed by atoms with Gasteiger partial charge >= 0.3 is 5.76 Å². The van der Waals surface area contributed by atoms with E-state index >= 15 is 0 Å². The molecule has 0 aliphatic carbocycles. The number of rotatable bonds is 5. The van der Waals surface area contributed by atoms with E-state index in [0.717, 1.165) is 33.6 Å². The SMILES string of the molecule is CCc1ncc(-c2nn(C)c(=O)o2)cc1-c1ccc(C(=O)Nc2c(F)cccc2F)cc1. The molecule has 0 aliphatic heterocycles. The molecule has 32 heavy (non-hydrogen) atoms. The second-order valence-electron chi connectivity index (χ2n) is 7.00. The van der Waals surface area contributed by atoms with Crippen LogP contribution in [0.25, 0.3) is 22.6 Å². The Hall–Kier alpha value is -4.14. The molecule has 0 radical (unpaired) electrons. The molecule has 2 aromatic heterocycles. The smallest absolute Gasteiger partial charge is 0.388 e. The van der Waals surface area contributed by atoms with Crippen molar-refractivity contribution in [3.63, 3.8) is 0 Å². The molecule has 0 aliphatic rings. The fourth-order valence-corrected chi connectivity index (χ4v) is 3.21. The van der Waals surface area contributed by atoms with Crippen molar-refractivity contribution in [2.24, 2.45) is 7.05 Å². The van der Waals surface area contributed by atoms with E-state index in [4.69, 9.17) is 4.42 Å². The molecule has 2 aromatic carbocycles. The predicted molar refractivity (Wildman–Crippen MR) is 114 cm³/mol. The molecule has 0 atom stereocenters. The normalized spacial score (nSPS) is 10.9.